The molecule has 0 radical (unpaired) electrons. The lowest BCUT2D eigenvalue weighted by Crippen LogP contribution is -2.30. The van der Waals surface area contributed by atoms with Crippen LogP contribution in [0.1, 0.15) is 23.2 Å². The molecule has 1 fully saturated rings. The van der Waals surface area contributed by atoms with Crippen LogP contribution in [-0.4, -0.2) is 49.5 Å². The van der Waals surface area contributed by atoms with Crippen LogP contribution in [0.2, 0.25) is 5.02 Å². The molecule has 4 amide bonds. The average Bonchev–Trinajstić information content (AvgIpc) is 3.32. The van der Waals surface area contributed by atoms with E-state index in [0.717, 1.165) is 11.3 Å². The van der Waals surface area contributed by atoms with Crippen LogP contribution in [0, 0.1) is 0 Å². The van der Waals surface area contributed by atoms with Gasteiger partial charge in [0.1, 0.15) is 16.6 Å². The summed E-state index contributed by atoms with van der Waals surface area (Å²) in [7, 11) is 1.22. The van der Waals surface area contributed by atoms with Crippen molar-refractivity contribution in [3.8, 4) is 11.1 Å². The first-order valence-corrected chi connectivity index (χ1v) is 10.6. The highest BCUT2D eigenvalue weighted by Crippen LogP contribution is 2.39. The van der Waals surface area contributed by atoms with Gasteiger partial charge in [-0.05, 0) is 12.5 Å². The molecule has 12 heteroatoms. The Bertz CT molecular complexity index is 1080. The van der Waals surface area contributed by atoms with Gasteiger partial charge in [0.05, 0.1) is 7.11 Å². The van der Waals surface area contributed by atoms with Crippen LogP contribution >= 0.6 is 22.9 Å². The second-order valence-corrected chi connectivity index (χ2v) is 7.87. The Balaban J connectivity index is 1.60. The topological polar surface area (TPSA) is 140 Å². The molecular formula is C20H18ClN3O7S. The lowest BCUT2D eigenvalue weighted by atomic mass is 10.0. The maximum Gasteiger partial charge on any atom is 0.341 e. The van der Waals surface area contributed by atoms with Crippen molar-refractivity contribution in [1.82, 2.24) is 10.6 Å². The number of thiophene rings is 1. The van der Waals surface area contributed by atoms with Crippen LogP contribution in [0.3, 0.4) is 0 Å². The van der Waals surface area contributed by atoms with Crippen molar-refractivity contribution in [3.05, 3.63) is 40.2 Å². The van der Waals surface area contributed by atoms with E-state index in [-0.39, 0.29) is 23.4 Å². The third kappa shape index (κ3) is 5.42. The van der Waals surface area contributed by atoms with Gasteiger partial charge in [0, 0.05) is 28.0 Å². The molecule has 3 N–H and O–H groups in total. The number of imide groups is 1. The summed E-state index contributed by atoms with van der Waals surface area (Å²) < 4.78 is 9.75. The molecule has 2 heterocycles. The molecule has 1 unspecified atom stereocenters. The third-order valence-corrected chi connectivity index (χ3v) is 5.68. The van der Waals surface area contributed by atoms with Gasteiger partial charge >= 0.3 is 18.0 Å². The number of urea groups is 1. The van der Waals surface area contributed by atoms with Gasteiger partial charge in [-0.2, -0.15) is 0 Å². The summed E-state index contributed by atoms with van der Waals surface area (Å²) in [4.78, 5) is 59.0. The van der Waals surface area contributed by atoms with E-state index in [1.54, 1.807) is 29.6 Å². The minimum absolute atomic E-state index is 0.0383. The molecule has 1 aliphatic heterocycles. The Morgan fingerprint density at radius 1 is 1.19 bits per heavy atom. The Morgan fingerprint density at radius 2 is 1.94 bits per heavy atom. The number of carbonyl (C=O) groups is 5. The monoisotopic (exact) mass is 479 g/mol. The predicted octanol–water partition coefficient (Wildman–Crippen LogP) is 2.32. The maximum atomic E-state index is 12.4. The molecule has 1 saturated heterocycles. The number of hydrogen-bond acceptors (Lipinski definition) is 8. The van der Waals surface area contributed by atoms with Gasteiger partial charge in [-0.25, -0.2) is 9.59 Å². The molecule has 1 aromatic heterocycles. The first-order chi connectivity index (χ1) is 15.3. The smallest absolute Gasteiger partial charge is 0.341 e. The number of esters is 2. The summed E-state index contributed by atoms with van der Waals surface area (Å²) in [5.41, 5.74) is 1.23. The molecule has 0 aliphatic carbocycles. The number of halogens is 1. The van der Waals surface area contributed by atoms with Crippen molar-refractivity contribution in [2.24, 2.45) is 0 Å². The van der Waals surface area contributed by atoms with Gasteiger partial charge in [-0.15, -0.1) is 11.3 Å². The highest BCUT2D eigenvalue weighted by Gasteiger charge is 2.30. The van der Waals surface area contributed by atoms with E-state index in [4.69, 9.17) is 21.1 Å². The van der Waals surface area contributed by atoms with E-state index < -0.39 is 42.4 Å². The second-order valence-electron chi connectivity index (χ2n) is 6.59. The minimum Gasteiger partial charge on any atom is -0.465 e. The first-order valence-electron chi connectivity index (χ1n) is 9.31. The van der Waals surface area contributed by atoms with Crippen molar-refractivity contribution in [2.45, 2.75) is 18.9 Å². The molecule has 2 aromatic rings. The number of ether oxygens (including phenoxy) is 2. The molecule has 1 aliphatic rings. The molecule has 0 bridgehead atoms. The fourth-order valence-electron chi connectivity index (χ4n) is 2.94. The van der Waals surface area contributed by atoms with Crippen LogP contribution in [0.15, 0.2) is 29.6 Å². The van der Waals surface area contributed by atoms with Crippen LogP contribution < -0.4 is 16.0 Å². The maximum absolute atomic E-state index is 12.4. The summed E-state index contributed by atoms with van der Waals surface area (Å²) >= 11 is 7.33. The first kappa shape index (κ1) is 23.2. The quantitative estimate of drug-likeness (QED) is 0.390. The van der Waals surface area contributed by atoms with Crippen LogP contribution in [0.25, 0.3) is 11.1 Å². The lowest BCUT2D eigenvalue weighted by molar-refractivity contribution is -0.147. The SMILES string of the molecule is COC(=O)c1c(-c2ccccc2Cl)csc1NC(=O)COC(=O)CCC1NC(=O)NC1=O. The van der Waals surface area contributed by atoms with Gasteiger partial charge in [0.15, 0.2) is 6.61 Å². The van der Waals surface area contributed by atoms with E-state index in [0.29, 0.717) is 16.1 Å². The highest BCUT2D eigenvalue weighted by atomic mass is 35.5. The molecule has 3 rings (SSSR count). The number of amides is 4. The normalized spacial score (nSPS) is 15.0. The van der Waals surface area contributed by atoms with E-state index in [2.05, 4.69) is 16.0 Å². The predicted molar refractivity (Wildman–Crippen MR) is 115 cm³/mol. The molecule has 0 saturated carbocycles. The van der Waals surface area contributed by atoms with Crippen molar-refractivity contribution >= 4 is 57.7 Å². The van der Waals surface area contributed by atoms with E-state index in [1.165, 1.54) is 7.11 Å². The molecular weight excluding hydrogens is 462 g/mol. The Labute approximate surface area is 191 Å². The third-order valence-electron chi connectivity index (χ3n) is 4.46. The zero-order valence-electron chi connectivity index (χ0n) is 16.7. The summed E-state index contributed by atoms with van der Waals surface area (Å²) in [6, 6.07) is 5.48. The highest BCUT2D eigenvalue weighted by molar-refractivity contribution is 7.15. The molecule has 10 nitrogen and oxygen atoms in total. The van der Waals surface area contributed by atoms with Gasteiger partial charge in [0.25, 0.3) is 11.8 Å². The molecule has 32 heavy (non-hydrogen) atoms. The Morgan fingerprint density at radius 3 is 2.59 bits per heavy atom. The summed E-state index contributed by atoms with van der Waals surface area (Å²) in [6.45, 7) is -0.595. The molecule has 0 spiro atoms. The van der Waals surface area contributed by atoms with Gasteiger partial charge in [0.2, 0.25) is 0 Å². The average molecular weight is 480 g/mol. The van der Waals surface area contributed by atoms with Crippen molar-refractivity contribution < 1.29 is 33.4 Å². The van der Waals surface area contributed by atoms with Crippen LogP contribution in [0.5, 0.6) is 0 Å². The largest absolute Gasteiger partial charge is 0.465 e. The fraction of sp³-hybridized carbons (Fsp3) is 0.250. The zero-order chi connectivity index (χ0) is 23.3. The van der Waals surface area contributed by atoms with Gasteiger partial charge < -0.3 is 20.1 Å². The van der Waals surface area contributed by atoms with Crippen LogP contribution in [0.4, 0.5) is 9.80 Å². The number of rotatable bonds is 8. The minimum atomic E-state index is -0.819. The van der Waals surface area contributed by atoms with Crippen molar-refractivity contribution in [1.29, 1.82) is 0 Å². The fourth-order valence-corrected chi connectivity index (χ4v) is 4.14. The summed E-state index contributed by atoms with van der Waals surface area (Å²) in [5.74, 6) is -2.57. The van der Waals surface area contributed by atoms with Crippen molar-refractivity contribution in [2.75, 3.05) is 19.0 Å². The summed E-state index contributed by atoms with van der Waals surface area (Å²) in [5, 5.41) is 9.26. The molecule has 168 valence electrons. The molecule has 1 aromatic carbocycles. The van der Waals surface area contributed by atoms with Crippen molar-refractivity contribution in [3.63, 3.8) is 0 Å². The Kier molecular flexibility index (Phi) is 7.44. The Hall–Kier alpha value is -3.44. The van der Waals surface area contributed by atoms with Crippen LogP contribution in [-0.2, 0) is 23.9 Å². The number of methoxy groups -OCH3 is 1. The van der Waals surface area contributed by atoms with E-state index in [9.17, 15) is 24.0 Å². The van der Waals surface area contributed by atoms with Gasteiger partial charge in [-0.3, -0.25) is 19.7 Å². The number of hydrogen-bond donors (Lipinski definition) is 3. The van der Waals surface area contributed by atoms with Gasteiger partial charge in [-0.1, -0.05) is 29.8 Å². The number of benzene rings is 1. The molecule has 1 atom stereocenters. The second kappa shape index (κ2) is 10.2. The summed E-state index contributed by atoms with van der Waals surface area (Å²) in [6.07, 6.45) is -0.134. The zero-order valence-corrected chi connectivity index (χ0v) is 18.3. The van der Waals surface area contributed by atoms with E-state index >= 15 is 0 Å². The number of carbonyl (C=O) groups excluding carboxylic acids is 5. The van der Waals surface area contributed by atoms with E-state index in [1.807, 2.05) is 0 Å². The number of nitrogens with one attached hydrogen (secondary N) is 3. The number of anilines is 1. The standard InChI is InChI=1S/C20H18ClN3O7S/c1-30-19(28)16-11(10-4-2-3-5-12(10)21)9-32-18(16)23-14(25)8-31-15(26)7-6-13-17(27)24-20(29)22-13/h2-5,9,13H,6-8H2,1H3,(H,23,25)(H2,22,24,27,29). The lowest BCUT2D eigenvalue weighted by Gasteiger charge is -2.10.